The monoisotopic (exact) mass is 239 g/mol. The molecule has 2 heterocycles. The predicted molar refractivity (Wildman–Crippen MR) is 56.6 cm³/mol. The molecule has 1 radical (unpaired) electrons. The molecule has 1 fully saturated rings. The third-order valence-corrected chi connectivity index (χ3v) is 2.39. The Morgan fingerprint density at radius 1 is 1.54 bits per heavy atom. The molecule has 9 heteroatoms. The summed E-state index contributed by atoms with van der Waals surface area (Å²) in [4.78, 5) is 0. The Balaban J connectivity index is 2.08. The van der Waals surface area contributed by atoms with E-state index in [1.165, 1.54) is 0 Å². The minimum atomic E-state index is 0.0897. The van der Waals surface area contributed by atoms with Crippen LogP contribution in [-0.4, -0.2) is 25.0 Å². The molecule has 0 amide bonds. The standard InChI is InChI=1S/C4H9B3BrN5/c1-12-2-3-13(4-12)7-10-5-9-6(8)11-7/h2-4,9-11H,1H3/q+1. The third kappa shape index (κ3) is 2.16. The fourth-order valence-corrected chi connectivity index (χ4v) is 1.61. The van der Waals surface area contributed by atoms with Crippen LogP contribution in [0, 0.1) is 0 Å². The molecule has 0 saturated carbocycles. The maximum Gasteiger partial charge on any atom is 0.539 e. The molecule has 3 N–H and O–H groups in total. The van der Waals surface area contributed by atoms with Gasteiger partial charge in [0.15, 0.2) is 0 Å². The van der Waals surface area contributed by atoms with Gasteiger partial charge in [0.1, 0.15) is 12.4 Å². The molecule has 2 rings (SSSR count). The first-order valence-corrected chi connectivity index (χ1v) is 4.94. The highest BCUT2D eigenvalue weighted by molar-refractivity contribution is 9.24. The summed E-state index contributed by atoms with van der Waals surface area (Å²) in [5, 5.41) is 9.45. The Labute approximate surface area is 86.8 Å². The molecule has 65 valence electrons. The Hall–Kier alpha value is -0.235. The first-order chi connectivity index (χ1) is 6.25. The highest BCUT2D eigenvalue weighted by Gasteiger charge is 2.33. The highest BCUT2D eigenvalue weighted by Crippen LogP contribution is 1.86. The van der Waals surface area contributed by atoms with Gasteiger partial charge in [-0.15, -0.1) is 15.8 Å². The van der Waals surface area contributed by atoms with E-state index in [1.807, 2.05) is 42.4 Å². The first-order valence-electron chi connectivity index (χ1n) is 4.02. The van der Waals surface area contributed by atoms with E-state index in [4.69, 9.17) is 0 Å². The molecular formula is C4H9B3BrN5+. The minimum absolute atomic E-state index is 0.0897. The van der Waals surface area contributed by atoms with Crippen molar-refractivity contribution in [2.75, 3.05) is 0 Å². The van der Waals surface area contributed by atoms with E-state index in [0.717, 1.165) is 0 Å². The molecule has 0 aromatic carbocycles. The van der Waals surface area contributed by atoms with Crippen molar-refractivity contribution in [3.8, 4) is 0 Å². The summed E-state index contributed by atoms with van der Waals surface area (Å²) < 4.78 is 4.04. The van der Waals surface area contributed by atoms with Gasteiger partial charge < -0.3 is 15.4 Å². The highest BCUT2D eigenvalue weighted by atomic mass is 79.9. The van der Waals surface area contributed by atoms with Crippen LogP contribution in [0.1, 0.15) is 0 Å². The lowest BCUT2D eigenvalue weighted by atomic mass is 9.75. The van der Waals surface area contributed by atoms with E-state index >= 15 is 0 Å². The number of aromatic nitrogens is 2. The molecule has 1 aliphatic rings. The maximum absolute atomic E-state index is 3.42. The predicted octanol–water partition coefficient (Wildman–Crippen LogP) is -2.16. The average Bonchev–Trinajstić information content (AvgIpc) is 2.52. The lowest BCUT2D eigenvalue weighted by Gasteiger charge is -2.20. The fraction of sp³-hybridized carbons (Fsp3) is 0.250. The molecule has 0 spiro atoms. The summed E-state index contributed by atoms with van der Waals surface area (Å²) in [6, 6.07) is 0. The van der Waals surface area contributed by atoms with Crippen LogP contribution in [0.3, 0.4) is 0 Å². The third-order valence-electron chi connectivity index (χ3n) is 1.86. The molecule has 1 aromatic rings. The smallest absolute Gasteiger partial charge is 0.365 e. The van der Waals surface area contributed by atoms with Crippen molar-refractivity contribution in [3.05, 3.63) is 18.7 Å². The van der Waals surface area contributed by atoms with Gasteiger partial charge in [-0.1, -0.05) is 0 Å². The Morgan fingerprint density at radius 3 is 3.00 bits per heavy atom. The molecule has 0 aliphatic carbocycles. The summed E-state index contributed by atoms with van der Waals surface area (Å²) in [6.45, 7) is 0. The summed E-state index contributed by atoms with van der Waals surface area (Å²) in [5.74, 6) is 0.103. The number of hydrogen-bond acceptors (Lipinski definition) is 3. The zero-order valence-electron chi connectivity index (χ0n) is 7.24. The summed E-state index contributed by atoms with van der Waals surface area (Å²) in [7, 11) is 3.90. The molecule has 13 heavy (non-hydrogen) atoms. The van der Waals surface area contributed by atoms with Gasteiger partial charge in [-0.2, -0.15) is 0 Å². The zero-order valence-corrected chi connectivity index (χ0v) is 8.82. The maximum atomic E-state index is 3.42. The summed E-state index contributed by atoms with van der Waals surface area (Å²) in [5.41, 5.74) is 0. The fourth-order valence-electron chi connectivity index (χ4n) is 1.23. The number of aryl methyl sites for hydroxylation is 1. The second kappa shape index (κ2) is 3.87. The van der Waals surface area contributed by atoms with Gasteiger partial charge in [-0.25, -0.2) is 4.57 Å². The Morgan fingerprint density at radius 2 is 2.38 bits per heavy atom. The van der Waals surface area contributed by atoms with Gasteiger partial charge in [-0.3, -0.25) is 4.48 Å². The van der Waals surface area contributed by atoms with E-state index in [2.05, 4.69) is 31.2 Å². The first kappa shape index (κ1) is 9.32. The van der Waals surface area contributed by atoms with Gasteiger partial charge in [0.2, 0.25) is 6.33 Å². The number of halogens is 1. The van der Waals surface area contributed by atoms with Crippen molar-refractivity contribution < 1.29 is 4.48 Å². The van der Waals surface area contributed by atoms with Crippen LogP contribution in [-0.2, 0) is 7.05 Å². The number of hydrogen-bond donors (Lipinski definition) is 3. The summed E-state index contributed by atoms with van der Waals surface area (Å²) in [6.07, 6.45) is 6.00. The van der Waals surface area contributed by atoms with Gasteiger partial charge in [0.05, 0.1) is 7.05 Å². The van der Waals surface area contributed by atoms with Crippen LogP contribution < -0.4 is 19.9 Å². The molecular weight excluding hydrogens is 230 g/mol. The molecule has 0 unspecified atom stereocenters. The van der Waals surface area contributed by atoms with E-state index in [9.17, 15) is 0 Å². The van der Waals surface area contributed by atoms with Crippen LogP contribution in [0.5, 0.6) is 0 Å². The van der Waals surface area contributed by atoms with E-state index in [-0.39, 0.29) is 12.9 Å². The molecule has 5 nitrogen and oxygen atoms in total. The number of imidazole rings is 1. The molecule has 0 bridgehead atoms. The second-order valence-electron chi connectivity index (χ2n) is 2.94. The van der Waals surface area contributed by atoms with Crippen LogP contribution in [0.2, 0.25) is 0 Å². The lowest BCUT2D eigenvalue weighted by Crippen LogP contribution is -2.78. The zero-order chi connectivity index (χ0) is 9.26. The van der Waals surface area contributed by atoms with Gasteiger partial charge in [0.25, 0.3) is 7.55 Å². The molecule has 1 aromatic heterocycles. The number of nitrogens with one attached hydrogen (secondary N) is 3. The van der Waals surface area contributed by atoms with Crippen molar-refractivity contribution in [1.29, 1.82) is 0 Å². The number of nitrogens with zero attached hydrogens (tertiary/aromatic N) is 2. The Kier molecular flexibility index (Phi) is 2.78. The van der Waals surface area contributed by atoms with Crippen LogP contribution in [0.15, 0.2) is 18.7 Å². The SMILES string of the molecule is Cn1cc[n+](B2N[B]NB(Br)N2)c1. The van der Waals surface area contributed by atoms with Crippen LogP contribution in [0.25, 0.3) is 0 Å². The van der Waals surface area contributed by atoms with Crippen molar-refractivity contribution in [2.45, 2.75) is 0 Å². The molecule has 1 aliphatic heterocycles. The van der Waals surface area contributed by atoms with Crippen LogP contribution >= 0.6 is 15.8 Å². The lowest BCUT2D eigenvalue weighted by molar-refractivity contribution is -0.540. The molecule has 1 saturated heterocycles. The van der Waals surface area contributed by atoms with Crippen molar-refractivity contribution >= 4 is 36.2 Å². The van der Waals surface area contributed by atoms with Gasteiger partial charge in [0, 0.05) is 0 Å². The largest absolute Gasteiger partial charge is 0.539 e. The average molecular weight is 239 g/mol. The normalized spacial score (nSPS) is 17.4. The van der Waals surface area contributed by atoms with Crippen molar-refractivity contribution in [3.63, 3.8) is 0 Å². The van der Waals surface area contributed by atoms with Gasteiger partial charge in [-0.05, 0) is 0 Å². The second-order valence-corrected chi connectivity index (χ2v) is 3.85. The van der Waals surface area contributed by atoms with E-state index in [1.54, 1.807) is 0 Å². The minimum Gasteiger partial charge on any atom is -0.365 e. The molecule has 0 atom stereocenters. The van der Waals surface area contributed by atoms with Gasteiger partial charge >= 0.3 is 12.9 Å². The number of rotatable bonds is 1. The van der Waals surface area contributed by atoms with Crippen molar-refractivity contribution in [1.82, 2.24) is 20.0 Å². The quantitative estimate of drug-likeness (QED) is 0.490. The van der Waals surface area contributed by atoms with E-state index in [0.29, 0.717) is 0 Å². The van der Waals surface area contributed by atoms with Crippen LogP contribution in [0.4, 0.5) is 0 Å². The van der Waals surface area contributed by atoms with E-state index < -0.39 is 0 Å². The summed E-state index contributed by atoms with van der Waals surface area (Å²) >= 11 is 3.42. The topological polar surface area (TPSA) is 44.9 Å². The van der Waals surface area contributed by atoms with Crippen molar-refractivity contribution in [2.24, 2.45) is 7.05 Å². The Bertz CT molecular complexity index is 293.